The minimum absolute atomic E-state index is 0.0762. The first-order chi connectivity index (χ1) is 10.2. The minimum atomic E-state index is -3.70. The predicted molar refractivity (Wildman–Crippen MR) is 88.1 cm³/mol. The molecule has 0 saturated heterocycles. The largest absolute Gasteiger partial charge is 0.383 e. The molecule has 0 radical (unpaired) electrons. The van der Waals surface area contributed by atoms with Crippen molar-refractivity contribution in [3.05, 3.63) is 28.2 Å². The first-order valence-electron chi connectivity index (χ1n) is 6.36. The summed E-state index contributed by atoms with van der Waals surface area (Å²) in [6.07, 6.45) is 0.996. The summed E-state index contributed by atoms with van der Waals surface area (Å²) in [5.41, 5.74) is 0.159. The number of hydrogen-bond acceptors (Lipinski definition) is 4. The summed E-state index contributed by atoms with van der Waals surface area (Å²) in [6.45, 7) is 1.67. The molecule has 22 heavy (non-hydrogen) atoms. The van der Waals surface area contributed by atoms with Gasteiger partial charge in [-0.15, -0.1) is 0 Å². The minimum Gasteiger partial charge on any atom is -0.383 e. The number of sulfonamides is 1. The van der Waals surface area contributed by atoms with Gasteiger partial charge in [-0.3, -0.25) is 9.10 Å². The standard InChI is InChI=1S/C13H18Cl2N2O4S/c1-9(8-21-2)16-12(18)7-17(22(3,19)20)11-6-4-5-10(14)13(11)15/h4-6,9H,7-8H2,1-3H3,(H,16,18)/t9-/m0/s1. The number of carbonyl (C=O) groups is 1. The lowest BCUT2D eigenvalue weighted by Crippen LogP contribution is -2.44. The van der Waals surface area contributed by atoms with Gasteiger partial charge in [0.05, 0.1) is 28.6 Å². The average molecular weight is 369 g/mol. The second-order valence-electron chi connectivity index (χ2n) is 4.77. The van der Waals surface area contributed by atoms with Crippen LogP contribution in [0.2, 0.25) is 10.0 Å². The number of ether oxygens (including phenoxy) is 1. The van der Waals surface area contributed by atoms with Gasteiger partial charge < -0.3 is 10.1 Å². The molecule has 1 aromatic rings. The van der Waals surface area contributed by atoms with Crippen molar-refractivity contribution in [1.29, 1.82) is 0 Å². The zero-order valence-electron chi connectivity index (χ0n) is 12.5. The van der Waals surface area contributed by atoms with Crippen molar-refractivity contribution in [2.45, 2.75) is 13.0 Å². The molecule has 6 nitrogen and oxygen atoms in total. The van der Waals surface area contributed by atoms with Crippen molar-refractivity contribution in [2.24, 2.45) is 0 Å². The highest BCUT2D eigenvalue weighted by Gasteiger charge is 2.24. The summed E-state index contributed by atoms with van der Waals surface area (Å²) in [7, 11) is -2.19. The molecule has 0 fully saturated rings. The lowest BCUT2D eigenvalue weighted by molar-refractivity contribution is -0.120. The van der Waals surface area contributed by atoms with Gasteiger partial charge >= 0.3 is 0 Å². The Hall–Kier alpha value is -1.02. The molecule has 0 bridgehead atoms. The maximum atomic E-state index is 12.0. The molecule has 0 aliphatic heterocycles. The van der Waals surface area contributed by atoms with Crippen LogP contribution in [0.5, 0.6) is 0 Å². The highest BCUT2D eigenvalue weighted by Crippen LogP contribution is 2.33. The van der Waals surface area contributed by atoms with Crippen molar-refractivity contribution >= 4 is 44.8 Å². The van der Waals surface area contributed by atoms with Crippen LogP contribution in [0.15, 0.2) is 18.2 Å². The van der Waals surface area contributed by atoms with E-state index >= 15 is 0 Å². The van der Waals surface area contributed by atoms with E-state index in [-0.39, 0.29) is 21.8 Å². The number of methoxy groups -OCH3 is 1. The van der Waals surface area contributed by atoms with Gasteiger partial charge in [0.2, 0.25) is 15.9 Å². The van der Waals surface area contributed by atoms with Crippen LogP contribution in [0.25, 0.3) is 0 Å². The average Bonchev–Trinajstić information content (AvgIpc) is 2.38. The molecule has 0 heterocycles. The Morgan fingerprint density at radius 3 is 2.59 bits per heavy atom. The van der Waals surface area contributed by atoms with Crippen molar-refractivity contribution in [2.75, 3.05) is 30.8 Å². The fraction of sp³-hybridized carbons (Fsp3) is 0.462. The molecule has 0 aliphatic rings. The van der Waals surface area contributed by atoms with Crippen LogP contribution in [-0.2, 0) is 19.6 Å². The third-order valence-corrected chi connectivity index (χ3v) is 4.65. The Morgan fingerprint density at radius 2 is 2.05 bits per heavy atom. The number of benzene rings is 1. The molecule has 0 unspecified atom stereocenters. The molecule has 1 aromatic carbocycles. The van der Waals surface area contributed by atoms with E-state index in [0.717, 1.165) is 10.6 Å². The molecule has 1 amide bonds. The number of nitrogens with zero attached hydrogens (tertiary/aromatic N) is 1. The number of nitrogens with one attached hydrogen (secondary N) is 1. The molecule has 1 rings (SSSR count). The normalized spacial score (nSPS) is 12.8. The van der Waals surface area contributed by atoms with E-state index < -0.39 is 22.5 Å². The van der Waals surface area contributed by atoms with Gasteiger partial charge in [0.25, 0.3) is 0 Å². The number of anilines is 1. The van der Waals surface area contributed by atoms with Crippen LogP contribution in [0.1, 0.15) is 6.92 Å². The molecule has 0 spiro atoms. The van der Waals surface area contributed by atoms with E-state index in [2.05, 4.69) is 5.32 Å². The molecule has 0 aliphatic carbocycles. The maximum Gasteiger partial charge on any atom is 0.241 e. The SMILES string of the molecule is COC[C@H](C)NC(=O)CN(c1cccc(Cl)c1Cl)S(C)(=O)=O. The van der Waals surface area contributed by atoms with E-state index in [1.54, 1.807) is 13.0 Å². The summed E-state index contributed by atoms with van der Waals surface area (Å²) in [6, 6.07) is 4.34. The molecular formula is C13H18Cl2N2O4S. The van der Waals surface area contributed by atoms with E-state index in [1.807, 2.05) is 0 Å². The van der Waals surface area contributed by atoms with Crippen LogP contribution < -0.4 is 9.62 Å². The van der Waals surface area contributed by atoms with Crippen molar-refractivity contribution in [3.63, 3.8) is 0 Å². The van der Waals surface area contributed by atoms with E-state index in [0.29, 0.717) is 6.61 Å². The Balaban J connectivity index is 3.01. The van der Waals surface area contributed by atoms with Crippen LogP contribution >= 0.6 is 23.2 Å². The van der Waals surface area contributed by atoms with Crippen LogP contribution in [0.3, 0.4) is 0 Å². The maximum absolute atomic E-state index is 12.0. The number of carbonyl (C=O) groups excluding carboxylic acids is 1. The Kier molecular flexibility index (Phi) is 6.93. The lowest BCUT2D eigenvalue weighted by atomic mass is 10.3. The van der Waals surface area contributed by atoms with Crippen molar-refractivity contribution in [3.8, 4) is 0 Å². The van der Waals surface area contributed by atoms with E-state index in [1.165, 1.54) is 19.2 Å². The topological polar surface area (TPSA) is 75.7 Å². The molecule has 1 atom stereocenters. The summed E-state index contributed by atoms with van der Waals surface area (Å²) in [5.74, 6) is -0.467. The lowest BCUT2D eigenvalue weighted by Gasteiger charge is -2.24. The molecular weight excluding hydrogens is 351 g/mol. The summed E-state index contributed by atoms with van der Waals surface area (Å²) < 4.78 is 29.7. The van der Waals surface area contributed by atoms with Crippen LogP contribution in [0.4, 0.5) is 5.69 Å². The van der Waals surface area contributed by atoms with Crippen LogP contribution in [0, 0.1) is 0 Å². The number of amides is 1. The smallest absolute Gasteiger partial charge is 0.241 e. The van der Waals surface area contributed by atoms with Gasteiger partial charge in [-0.25, -0.2) is 8.42 Å². The van der Waals surface area contributed by atoms with Crippen molar-refractivity contribution < 1.29 is 17.9 Å². The molecule has 0 saturated carbocycles. The van der Waals surface area contributed by atoms with Gasteiger partial charge in [0.1, 0.15) is 6.54 Å². The zero-order valence-corrected chi connectivity index (χ0v) is 14.8. The molecule has 9 heteroatoms. The van der Waals surface area contributed by atoms with Crippen LogP contribution in [-0.4, -0.2) is 46.9 Å². The number of halogens is 2. The monoisotopic (exact) mass is 368 g/mol. The fourth-order valence-corrected chi connectivity index (χ4v) is 3.12. The van der Waals surface area contributed by atoms with Gasteiger partial charge in [0, 0.05) is 13.2 Å². The molecule has 124 valence electrons. The summed E-state index contributed by atoms with van der Waals surface area (Å²) in [5, 5.41) is 2.93. The van der Waals surface area contributed by atoms with Gasteiger partial charge in [-0.1, -0.05) is 29.3 Å². The fourth-order valence-electron chi connectivity index (χ4n) is 1.81. The second-order valence-corrected chi connectivity index (χ2v) is 7.46. The predicted octanol–water partition coefficient (Wildman–Crippen LogP) is 1.91. The second kappa shape index (κ2) is 8.01. The Bertz CT molecular complexity index is 637. The zero-order chi connectivity index (χ0) is 16.9. The first-order valence-corrected chi connectivity index (χ1v) is 8.97. The number of rotatable bonds is 7. The van der Waals surface area contributed by atoms with Gasteiger partial charge in [0.15, 0.2) is 0 Å². The Morgan fingerprint density at radius 1 is 1.41 bits per heavy atom. The molecule has 0 aromatic heterocycles. The third kappa shape index (κ3) is 5.31. The highest BCUT2D eigenvalue weighted by atomic mass is 35.5. The highest BCUT2D eigenvalue weighted by molar-refractivity contribution is 7.92. The van der Waals surface area contributed by atoms with Gasteiger partial charge in [-0.2, -0.15) is 0 Å². The van der Waals surface area contributed by atoms with Crippen molar-refractivity contribution in [1.82, 2.24) is 5.32 Å². The summed E-state index contributed by atoms with van der Waals surface area (Å²) in [4.78, 5) is 12.0. The summed E-state index contributed by atoms with van der Waals surface area (Å²) >= 11 is 11.9. The Labute approximate surface area is 140 Å². The third-order valence-electron chi connectivity index (χ3n) is 2.71. The first kappa shape index (κ1) is 19.0. The quantitative estimate of drug-likeness (QED) is 0.797. The number of hydrogen-bond donors (Lipinski definition) is 1. The van der Waals surface area contributed by atoms with Gasteiger partial charge in [-0.05, 0) is 19.1 Å². The van der Waals surface area contributed by atoms with E-state index in [9.17, 15) is 13.2 Å². The van der Waals surface area contributed by atoms with E-state index in [4.69, 9.17) is 27.9 Å². The molecule has 1 N–H and O–H groups in total.